The lowest BCUT2D eigenvalue weighted by Crippen LogP contribution is -2.67. The van der Waals surface area contributed by atoms with Gasteiger partial charge >= 0.3 is 7.82 Å². The predicted molar refractivity (Wildman–Crippen MR) is 120 cm³/mol. The number of nitrogens with zero attached hydrogens (tertiary/aromatic N) is 2. The highest BCUT2D eigenvalue weighted by molar-refractivity contribution is 8.22. The van der Waals surface area contributed by atoms with Gasteiger partial charge in [0.2, 0.25) is 5.91 Å². The molecule has 34 heavy (non-hydrogen) atoms. The molecule has 186 valence electrons. The molecule has 5 fully saturated rings. The van der Waals surface area contributed by atoms with Crippen molar-refractivity contribution in [2.45, 2.75) is 36.9 Å². The monoisotopic (exact) mass is 533 g/mol. The van der Waals surface area contributed by atoms with Gasteiger partial charge in [-0.1, -0.05) is 24.0 Å². The van der Waals surface area contributed by atoms with E-state index in [0.717, 1.165) is 4.32 Å². The van der Waals surface area contributed by atoms with E-state index in [9.17, 15) is 19.3 Å². The fraction of sp³-hybridized carbons (Fsp3) is 0.737. The molecule has 15 heteroatoms. The van der Waals surface area contributed by atoms with E-state index in [1.54, 1.807) is 6.08 Å². The van der Waals surface area contributed by atoms with Gasteiger partial charge in [-0.05, 0) is 18.4 Å². The Morgan fingerprint density at radius 1 is 1.35 bits per heavy atom. The summed E-state index contributed by atoms with van der Waals surface area (Å²) in [6.07, 6.45) is -1.71. The number of Topliss-reactive ketones (excluding diaryl/α,β-unsaturated/α-hetero) is 1. The van der Waals surface area contributed by atoms with Crippen LogP contribution in [0.5, 0.6) is 0 Å². The highest BCUT2D eigenvalue weighted by atomic mass is 32.2. The van der Waals surface area contributed by atoms with Gasteiger partial charge in [0.15, 0.2) is 18.7 Å². The van der Waals surface area contributed by atoms with Gasteiger partial charge in [0, 0.05) is 13.0 Å². The number of phosphoric ester groups is 1. The van der Waals surface area contributed by atoms with E-state index < -0.39 is 56.0 Å². The second-order valence-corrected chi connectivity index (χ2v) is 12.4. The van der Waals surface area contributed by atoms with Crippen molar-refractivity contribution in [2.75, 3.05) is 33.1 Å². The van der Waals surface area contributed by atoms with Crippen LogP contribution in [0.4, 0.5) is 0 Å². The topological polar surface area (TPSA) is 136 Å². The third-order valence-corrected chi connectivity index (χ3v) is 10.3. The van der Waals surface area contributed by atoms with Crippen LogP contribution in [-0.2, 0) is 37.2 Å². The van der Waals surface area contributed by atoms with Gasteiger partial charge in [-0.25, -0.2) is 4.57 Å². The first-order chi connectivity index (χ1) is 16.2. The number of aliphatic hydroxyl groups is 1. The van der Waals surface area contributed by atoms with Crippen molar-refractivity contribution < 1.29 is 42.3 Å². The number of ether oxygens (including phenoxy) is 2. The molecule has 0 bridgehead atoms. The molecule has 12 nitrogen and oxygen atoms in total. The number of nitrogens with one attached hydrogen (secondary N) is 1. The molecule has 4 aliphatic heterocycles. The fourth-order valence-corrected chi connectivity index (χ4v) is 8.12. The number of fused-ring (bicyclic) bond motifs is 6. The standard InChI is InChI=1S/C19H24N3O9PS2/c1-21-4-22(6-34-19(21)33)5-29-32(26)30-15-10(23)2-9-8-3-11-16(28-7-27-11)14(24)12(8)18(25)20-13(9)17(15)31-32/h3,8-10,12-13,15-17,23H,2,4-7H2,1H3,(H,20,25)/t8?,9-,10+,12?,13-,15-,16?,17+,32?/m1/s1. The molecule has 6 rings (SSSR count). The molecule has 2 N–H and O–H groups in total. The van der Waals surface area contributed by atoms with Gasteiger partial charge < -0.3 is 24.8 Å². The summed E-state index contributed by atoms with van der Waals surface area (Å²) in [5.41, 5.74) is 0. The molecule has 0 aromatic heterocycles. The summed E-state index contributed by atoms with van der Waals surface area (Å²) in [5, 5.41) is 13.7. The predicted octanol–water partition coefficient (Wildman–Crippen LogP) is -0.0158. The lowest BCUT2D eigenvalue weighted by atomic mass is 9.63. The second-order valence-electron chi connectivity index (χ2n) is 9.23. The van der Waals surface area contributed by atoms with Gasteiger partial charge in [-0.2, -0.15) is 0 Å². The van der Waals surface area contributed by atoms with E-state index in [1.165, 1.54) is 11.8 Å². The Bertz CT molecular complexity index is 1010. The number of rotatable bonds is 3. The van der Waals surface area contributed by atoms with Gasteiger partial charge in [0.25, 0.3) is 0 Å². The molecule has 0 radical (unpaired) electrons. The molecule has 4 heterocycles. The van der Waals surface area contributed by atoms with Crippen LogP contribution in [0.1, 0.15) is 6.42 Å². The van der Waals surface area contributed by atoms with Gasteiger partial charge in [-0.3, -0.25) is 28.1 Å². The number of ketones is 1. The van der Waals surface area contributed by atoms with Crippen LogP contribution < -0.4 is 5.32 Å². The highest BCUT2D eigenvalue weighted by Crippen LogP contribution is 2.61. The van der Waals surface area contributed by atoms with Crippen molar-refractivity contribution in [1.29, 1.82) is 0 Å². The average Bonchev–Trinajstić information content (AvgIpc) is 3.41. The molecule has 9 atom stereocenters. The van der Waals surface area contributed by atoms with Crippen molar-refractivity contribution in [3.8, 4) is 0 Å². The second kappa shape index (κ2) is 8.49. The summed E-state index contributed by atoms with van der Waals surface area (Å²) >= 11 is 6.69. The first-order valence-corrected chi connectivity index (χ1v) is 13.8. The number of thiocarbonyl (C=S) groups is 1. The quantitative estimate of drug-likeness (QED) is 0.286. The Hall–Kier alpha value is -1.09. The first kappa shape index (κ1) is 23.3. The van der Waals surface area contributed by atoms with Crippen LogP contribution in [0.2, 0.25) is 0 Å². The summed E-state index contributed by atoms with van der Waals surface area (Å²) in [6, 6.07) is -0.612. The Balaban J connectivity index is 1.20. The summed E-state index contributed by atoms with van der Waals surface area (Å²) in [6.45, 7) is 0.442. The van der Waals surface area contributed by atoms with E-state index in [2.05, 4.69) is 5.32 Å². The number of thioether (sulfide) groups is 1. The minimum atomic E-state index is -4.00. The zero-order valence-corrected chi connectivity index (χ0v) is 20.6. The Morgan fingerprint density at radius 3 is 2.94 bits per heavy atom. The minimum absolute atomic E-state index is 0.0166. The molecule has 1 saturated carbocycles. The smallest absolute Gasteiger partial charge is 0.469 e. The number of phosphoric acid groups is 1. The number of aliphatic hydroxyl groups excluding tert-OH is 1. The number of allylic oxidation sites excluding steroid dienone is 1. The Kier molecular flexibility index (Phi) is 5.83. The SMILES string of the molecule is CN1CN(COP2(=O)O[C@H]3[C@@H]4NC(=O)C5C(=O)C6OCOC6=CC5[C@H]4C[C@H](O)[C@H]3O2)CSC1=S. The molecule has 4 saturated heterocycles. The van der Waals surface area contributed by atoms with Gasteiger partial charge in [0.05, 0.1) is 24.7 Å². The minimum Gasteiger partial charge on any atom is -0.469 e. The normalized spacial score (nSPS) is 46.1. The molecule has 0 aromatic rings. The van der Waals surface area contributed by atoms with E-state index >= 15 is 0 Å². The number of amides is 1. The van der Waals surface area contributed by atoms with Gasteiger partial charge in [-0.15, -0.1) is 0 Å². The lowest BCUT2D eigenvalue weighted by Gasteiger charge is -2.49. The molecule has 2 aliphatic carbocycles. The van der Waals surface area contributed by atoms with Crippen LogP contribution in [0.25, 0.3) is 0 Å². The molecular formula is C19H24N3O9PS2. The molecular weight excluding hydrogens is 509 g/mol. The zero-order valence-electron chi connectivity index (χ0n) is 18.1. The number of hydrogen-bond acceptors (Lipinski definition) is 12. The van der Waals surface area contributed by atoms with Crippen molar-refractivity contribution in [3.05, 3.63) is 11.8 Å². The fourth-order valence-electron chi connectivity index (χ4n) is 5.59. The van der Waals surface area contributed by atoms with Crippen molar-refractivity contribution in [1.82, 2.24) is 15.1 Å². The molecule has 0 aromatic carbocycles. The van der Waals surface area contributed by atoms with Crippen LogP contribution in [0.15, 0.2) is 11.8 Å². The van der Waals surface area contributed by atoms with Crippen LogP contribution in [-0.4, -0.2) is 94.5 Å². The van der Waals surface area contributed by atoms with Crippen LogP contribution >= 0.6 is 31.8 Å². The van der Waals surface area contributed by atoms with Crippen molar-refractivity contribution in [2.24, 2.45) is 17.8 Å². The molecule has 4 unspecified atom stereocenters. The maximum Gasteiger partial charge on any atom is 0.476 e. The average molecular weight is 534 g/mol. The Morgan fingerprint density at radius 2 is 2.15 bits per heavy atom. The Labute approximate surface area is 204 Å². The van der Waals surface area contributed by atoms with Crippen LogP contribution in [0.3, 0.4) is 0 Å². The van der Waals surface area contributed by atoms with Gasteiger partial charge in [0.1, 0.15) is 34.9 Å². The maximum absolute atomic E-state index is 13.3. The summed E-state index contributed by atoms with van der Waals surface area (Å²) in [5.74, 6) is -1.62. The first-order valence-electron chi connectivity index (χ1n) is 10.9. The molecule has 6 aliphatic rings. The van der Waals surface area contributed by atoms with Crippen LogP contribution in [0, 0.1) is 17.8 Å². The third kappa shape index (κ3) is 3.75. The van der Waals surface area contributed by atoms with E-state index in [1.807, 2.05) is 16.8 Å². The van der Waals surface area contributed by atoms with E-state index in [4.69, 9.17) is 35.3 Å². The highest BCUT2D eigenvalue weighted by Gasteiger charge is 2.63. The maximum atomic E-state index is 13.3. The molecule has 1 amide bonds. The summed E-state index contributed by atoms with van der Waals surface area (Å²) < 4.78 is 41.8. The number of carbonyl (C=O) groups excluding carboxylic acids is 2. The lowest BCUT2D eigenvalue weighted by molar-refractivity contribution is -0.151. The number of hydrogen-bond donors (Lipinski definition) is 2. The van der Waals surface area contributed by atoms with E-state index in [0.29, 0.717) is 18.3 Å². The largest absolute Gasteiger partial charge is 0.476 e. The number of carbonyl (C=O) groups is 2. The molecule has 0 spiro atoms. The van der Waals surface area contributed by atoms with E-state index in [-0.39, 0.29) is 31.6 Å². The summed E-state index contributed by atoms with van der Waals surface area (Å²) in [4.78, 5) is 29.6. The zero-order chi connectivity index (χ0) is 23.8. The number of piperidine rings is 1. The van der Waals surface area contributed by atoms with Crippen molar-refractivity contribution in [3.63, 3.8) is 0 Å². The third-order valence-electron chi connectivity index (χ3n) is 7.14. The summed E-state index contributed by atoms with van der Waals surface area (Å²) in [7, 11) is -2.15. The van der Waals surface area contributed by atoms with Crippen molar-refractivity contribution >= 4 is 47.8 Å².